The summed E-state index contributed by atoms with van der Waals surface area (Å²) in [5.41, 5.74) is 3.54. The molecule has 2 amide bonds. The molecule has 2 N–H and O–H groups in total. The average Bonchev–Trinajstić information content (AvgIpc) is 2.66. The summed E-state index contributed by atoms with van der Waals surface area (Å²) < 4.78 is 0. The number of benzene rings is 2. The van der Waals surface area contributed by atoms with Gasteiger partial charge in [-0.15, -0.1) is 0 Å². The monoisotopic (exact) mass is 397 g/mol. The van der Waals surface area contributed by atoms with Crippen molar-refractivity contribution in [3.63, 3.8) is 0 Å². The summed E-state index contributed by atoms with van der Waals surface area (Å²) in [6.45, 7) is 4.22. The van der Waals surface area contributed by atoms with E-state index in [1.54, 1.807) is 31.1 Å². The van der Waals surface area contributed by atoms with E-state index < -0.39 is 0 Å². The lowest BCUT2D eigenvalue weighted by molar-refractivity contribution is -0.128. The summed E-state index contributed by atoms with van der Waals surface area (Å²) in [5.74, 6) is 0.255. The van der Waals surface area contributed by atoms with E-state index in [2.05, 4.69) is 24.5 Å². The maximum Gasteiger partial charge on any atom is 0.257 e. The lowest BCUT2D eigenvalue weighted by atomic mass is 10.0. The summed E-state index contributed by atoms with van der Waals surface area (Å²) in [7, 11) is 3.50. The van der Waals surface area contributed by atoms with E-state index in [9.17, 15) is 9.59 Å². The number of amides is 2. The van der Waals surface area contributed by atoms with Crippen LogP contribution in [0.25, 0.3) is 0 Å². The molecule has 6 heteroatoms. The third kappa shape index (κ3) is 6.46. The van der Waals surface area contributed by atoms with Crippen LogP contribution in [0.5, 0.6) is 0 Å². The molecule has 0 atom stereocenters. The number of thiocarbonyl (C=S) groups is 1. The molecule has 0 aliphatic rings. The second-order valence-corrected chi connectivity index (χ2v) is 7.58. The average molecular weight is 398 g/mol. The number of carbonyl (C=O) groups is 2. The number of nitrogens with zero attached hydrogens (tertiary/aromatic N) is 1. The van der Waals surface area contributed by atoms with Crippen LogP contribution in [0, 0.1) is 0 Å². The van der Waals surface area contributed by atoms with Gasteiger partial charge >= 0.3 is 0 Å². The highest BCUT2D eigenvalue weighted by Crippen LogP contribution is 2.15. The van der Waals surface area contributed by atoms with Crippen LogP contribution >= 0.6 is 12.2 Å². The highest BCUT2D eigenvalue weighted by molar-refractivity contribution is 7.80. The lowest BCUT2D eigenvalue weighted by Crippen LogP contribution is -2.34. The van der Waals surface area contributed by atoms with E-state index in [1.165, 1.54) is 5.56 Å². The summed E-state index contributed by atoms with van der Waals surface area (Å²) in [6.07, 6.45) is 1.10. The Kier molecular flexibility index (Phi) is 7.70. The van der Waals surface area contributed by atoms with Gasteiger partial charge in [-0.3, -0.25) is 14.9 Å². The van der Waals surface area contributed by atoms with E-state index in [0.717, 1.165) is 11.3 Å². The maximum atomic E-state index is 12.4. The van der Waals surface area contributed by atoms with Gasteiger partial charge in [0.05, 0.1) is 0 Å². The molecule has 0 aliphatic carbocycles. The number of carbonyl (C=O) groups excluding carboxylic acids is 2. The van der Waals surface area contributed by atoms with Gasteiger partial charge in [0.1, 0.15) is 0 Å². The molecule has 0 heterocycles. The molecule has 0 bridgehead atoms. The van der Waals surface area contributed by atoms with Crippen molar-refractivity contribution >= 4 is 34.8 Å². The first-order chi connectivity index (χ1) is 13.3. The van der Waals surface area contributed by atoms with Gasteiger partial charge in [-0.25, -0.2) is 0 Å². The molecule has 5 nitrogen and oxygen atoms in total. The van der Waals surface area contributed by atoms with Crippen LogP contribution in [0.2, 0.25) is 0 Å². The second kappa shape index (κ2) is 9.99. The van der Waals surface area contributed by atoms with Crippen molar-refractivity contribution in [3.05, 3.63) is 65.2 Å². The van der Waals surface area contributed by atoms with Crippen molar-refractivity contribution in [2.45, 2.75) is 32.6 Å². The molecule has 2 aromatic rings. The van der Waals surface area contributed by atoms with E-state index in [0.29, 0.717) is 24.3 Å². The Morgan fingerprint density at radius 2 is 1.75 bits per heavy atom. The molecule has 0 saturated heterocycles. The van der Waals surface area contributed by atoms with Crippen LogP contribution in [-0.2, 0) is 11.2 Å². The number of hydrogen-bond acceptors (Lipinski definition) is 3. The Labute approximate surface area is 172 Å². The fourth-order valence-electron chi connectivity index (χ4n) is 2.64. The number of nitrogens with one attached hydrogen (secondary N) is 2. The van der Waals surface area contributed by atoms with Crippen LogP contribution in [-0.4, -0.2) is 35.9 Å². The smallest absolute Gasteiger partial charge is 0.257 e. The third-order valence-electron chi connectivity index (χ3n) is 4.38. The zero-order valence-electron chi connectivity index (χ0n) is 16.8. The van der Waals surface area contributed by atoms with Crippen LogP contribution in [0.3, 0.4) is 0 Å². The van der Waals surface area contributed by atoms with Gasteiger partial charge in [0.25, 0.3) is 5.91 Å². The number of aryl methyl sites for hydroxylation is 1. The minimum absolute atomic E-state index is 0.0876. The van der Waals surface area contributed by atoms with Crippen LogP contribution < -0.4 is 10.6 Å². The molecule has 28 heavy (non-hydrogen) atoms. The number of hydrogen-bond donors (Lipinski definition) is 2. The molecule has 0 aromatic heterocycles. The molecular formula is C22H27N3O2S. The van der Waals surface area contributed by atoms with Crippen LogP contribution in [0.4, 0.5) is 5.69 Å². The van der Waals surface area contributed by atoms with Gasteiger partial charge in [-0.1, -0.05) is 38.1 Å². The molecule has 0 aliphatic heterocycles. The second-order valence-electron chi connectivity index (χ2n) is 7.17. The molecule has 0 saturated carbocycles. The first-order valence-corrected chi connectivity index (χ1v) is 9.68. The molecule has 0 radical (unpaired) electrons. The Morgan fingerprint density at radius 3 is 2.36 bits per heavy atom. The van der Waals surface area contributed by atoms with Crippen LogP contribution in [0.15, 0.2) is 48.5 Å². The summed E-state index contributed by atoms with van der Waals surface area (Å²) in [4.78, 5) is 25.7. The highest BCUT2D eigenvalue weighted by Gasteiger charge is 2.09. The zero-order valence-corrected chi connectivity index (χ0v) is 17.6. The van der Waals surface area contributed by atoms with Crippen molar-refractivity contribution in [2.75, 3.05) is 19.4 Å². The van der Waals surface area contributed by atoms with Gasteiger partial charge < -0.3 is 10.2 Å². The largest absolute Gasteiger partial charge is 0.349 e. The molecular weight excluding hydrogens is 370 g/mol. The summed E-state index contributed by atoms with van der Waals surface area (Å²) in [5, 5.41) is 5.96. The van der Waals surface area contributed by atoms with E-state index in [1.807, 2.05) is 36.4 Å². The lowest BCUT2D eigenvalue weighted by Gasteiger charge is -2.12. The van der Waals surface area contributed by atoms with Crippen molar-refractivity contribution in [1.82, 2.24) is 10.2 Å². The van der Waals surface area contributed by atoms with Crippen molar-refractivity contribution in [3.8, 4) is 0 Å². The van der Waals surface area contributed by atoms with Crippen LogP contribution in [0.1, 0.15) is 47.7 Å². The SMILES string of the molecule is CC(C)c1ccc(C(=O)NC(=S)Nc2cccc(CCC(=O)N(C)C)c2)cc1. The highest BCUT2D eigenvalue weighted by atomic mass is 32.1. The van der Waals surface area contributed by atoms with Crippen molar-refractivity contribution in [2.24, 2.45) is 0 Å². The standard InChI is InChI=1S/C22H27N3O2S/c1-15(2)17-9-11-18(12-10-17)21(27)24-22(28)23-19-7-5-6-16(14-19)8-13-20(26)25(3)4/h5-7,9-12,14-15H,8,13H2,1-4H3,(H2,23,24,27,28). The van der Waals surface area contributed by atoms with E-state index in [-0.39, 0.29) is 16.9 Å². The topological polar surface area (TPSA) is 61.4 Å². The fourth-order valence-corrected chi connectivity index (χ4v) is 2.85. The van der Waals surface area contributed by atoms with E-state index >= 15 is 0 Å². The number of anilines is 1. The predicted octanol–water partition coefficient (Wildman–Crippen LogP) is 3.96. The molecule has 2 aromatic carbocycles. The predicted molar refractivity (Wildman–Crippen MR) is 118 cm³/mol. The van der Waals surface area contributed by atoms with Gasteiger partial charge in [-0.05, 0) is 59.9 Å². The van der Waals surface area contributed by atoms with Gasteiger partial charge in [0, 0.05) is 31.8 Å². The molecule has 0 unspecified atom stereocenters. The maximum absolute atomic E-state index is 12.4. The zero-order chi connectivity index (χ0) is 20.7. The Bertz CT molecular complexity index is 845. The molecule has 2 rings (SSSR count). The quantitative estimate of drug-likeness (QED) is 0.725. The third-order valence-corrected chi connectivity index (χ3v) is 4.58. The summed E-state index contributed by atoms with van der Waals surface area (Å²) >= 11 is 5.26. The first kappa shape index (κ1) is 21.6. The van der Waals surface area contributed by atoms with E-state index in [4.69, 9.17) is 12.2 Å². The fraction of sp³-hybridized carbons (Fsp3) is 0.318. The Hall–Kier alpha value is -2.73. The minimum atomic E-state index is -0.249. The van der Waals surface area contributed by atoms with Gasteiger partial charge in [0.2, 0.25) is 5.91 Å². The Morgan fingerprint density at radius 1 is 1.07 bits per heavy atom. The van der Waals surface area contributed by atoms with Gasteiger partial charge in [-0.2, -0.15) is 0 Å². The van der Waals surface area contributed by atoms with Crippen molar-refractivity contribution in [1.29, 1.82) is 0 Å². The molecule has 148 valence electrons. The molecule has 0 fully saturated rings. The summed E-state index contributed by atoms with van der Waals surface area (Å²) in [6, 6.07) is 15.2. The number of rotatable bonds is 6. The minimum Gasteiger partial charge on any atom is -0.349 e. The normalized spacial score (nSPS) is 10.5. The molecule has 0 spiro atoms. The first-order valence-electron chi connectivity index (χ1n) is 9.27. The Balaban J connectivity index is 1.92. The van der Waals surface area contributed by atoms with Gasteiger partial charge in [0.15, 0.2) is 5.11 Å². The van der Waals surface area contributed by atoms with Crippen molar-refractivity contribution < 1.29 is 9.59 Å².